The Morgan fingerprint density at radius 2 is 1.94 bits per heavy atom. The minimum absolute atomic E-state index is 0.110. The molecule has 0 N–H and O–H groups in total. The lowest BCUT2D eigenvalue weighted by Gasteiger charge is -2.51. The van der Waals surface area contributed by atoms with Crippen molar-refractivity contribution in [2.24, 2.45) is 22.7 Å². The first-order valence-electron chi connectivity index (χ1n) is 6.50. The van der Waals surface area contributed by atoms with Gasteiger partial charge in [-0.15, -0.1) is 0 Å². The summed E-state index contributed by atoms with van der Waals surface area (Å²) in [5.41, 5.74) is 1.25. The maximum Gasteiger partial charge on any atom is 0.145 e. The molecule has 0 spiro atoms. The summed E-state index contributed by atoms with van der Waals surface area (Å²) in [5, 5.41) is 0. The van der Waals surface area contributed by atoms with Crippen molar-refractivity contribution in [1.82, 2.24) is 0 Å². The Bertz CT molecular complexity index is 350. The number of ketones is 1. The van der Waals surface area contributed by atoms with Crippen molar-refractivity contribution in [3.05, 3.63) is 11.6 Å². The zero-order chi connectivity index (χ0) is 12.1. The van der Waals surface area contributed by atoms with Crippen LogP contribution in [0, 0.1) is 22.7 Å². The van der Waals surface area contributed by atoms with Crippen molar-refractivity contribution >= 4 is 5.78 Å². The van der Waals surface area contributed by atoms with Gasteiger partial charge < -0.3 is 0 Å². The highest BCUT2D eigenvalue weighted by Gasteiger charge is 2.54. The van der Waals surface area contributed by atoms with E-state index < -0.39 is 0 Å². The molecule has 0 unspecified atom stereocenters. The van der Waals surface area contributed by atoms with Crippen LogP contribution in [-0.4, -0.2) is 5.78 Å². The second-order valence-electron chi connectivity index (χ2n) is 6.74. The molecule has 3 atom stereocenters. The number of carbonyl (C=O) groups excluding carboxylic acids is 1. The maximum absolute atomic E-state index is 12.7. The summed E-state index contributed by atoms with van der Waals surface area (Å²) in [6, 6.07) is 0. The molecular weight excluding hydrogens is 196 g/mol. The molecule has 2 aliphatic rings. The molecule has 16 heavy (non-hydrogen) atoms. The molecule has 1 fully saturated rings. The third-order valence-corrected chi connectivity index (χ3v) is 5.12. The van der Waals surface area contributed by atoms with E-state index in [2.05, 4.69) is 40.7 Å². The zero-order valence-electron chi connectivity index (χ0n) is 11.3. The number of fused-ring (bicyclic) bond motifs is 1. The summed E-state index contributed by atoms with van der Waals surface area (Å²) in [6.45, 7) is 10.9. The lowest BCUT2D eigenvalue weighted by molar-refractivity contribution is -0.148. The van der Waals surface area contributed by atoms with E-state index in [-0.39, 0.29) is 10.8 Å². The van der Waals surface area contributed by atoms with E-state index in [1.807, 2.05) is 0 Å². The van der Waals surface area contributed by atoms with Crippen LogP contribution < -0.4 is 0 Å². The molecule has 1 saturated carbocycles. The van der Waals surface area contributed by atoms with Crippen molar-refractivity contribution in [1.29, 1.82) is 0 Å². The van der Waals surface area contributed by atoms with Crippen LogP contribution in [0.15, 0.2) is 11.6 Å². The van der Waals surface area contributed by atoms with Gasteiger partial charge in [0.2, 0.25) is 0 Å². The van der Waals surface area contributed by atoms with E-state index in [0.29, 0.717) is 17.6 Å². The highest BCUT2D eigenvalue weighted by Crippen LogP contribution is 2.54. The molecule has 2 rings (SSSR count). The average Bonchev–Trinajstić information content (AvgIpc) is 2.18. The molecular formula is C15H24O. The first kappa shape index (κ1) is 11.9. The average molecular weight is 220 g/mol. The molecule has 0 aromatic carbocycles. The van der Waals surface area contributed by atoms with Gasteiger partial charge in [-0.2, -0.15) is 0 Å². The van der Waals surface area contributed by atoms with Crippen LogP contribution in [0.4, 0.5) is 0 Å². The van der Waals surface area contributed by atoms with Crippen LogP contribution in [0.5, 0.6) is 0 Å². The van der Waals surface area contributed by atoms with Crippen LogP contribution in [0.2, 0.25) is 0 Å². The maximum atomic E-state index is 12.7. The molecule has 0 saturated heterocycles. The van der Waals surface area contributed by atoms with Crippen LogP contribution in [-0.2, 0) is 4.79 Å². The van der Waals surface area contributed by atoms with E-state index in [9.17, 15) is 4.79 Å². The van der Waals surface area contributed by atoms with Gasteiger partial charge in [0, 0.05) is 10.8 Å². The fourth-order valence-corrected chi connectivity index (χ4v) is 3.81. The SMILES string of the molecule is CC1=C[C@H](C)[C@@]2(C)C(=O)C(C)(C)CC[C@H]2C1. The van der Waals surface area contributed by atoms with Gasteiger partial charge in [0.15, 0.2) is 0 Å². The van der Waals surface area contributed by atoms with Gasteiger partial charge in [-0.3, -0.25) is 4.79 Å². The molecule has 0 aromatic rings. The molecule has 0 aliphatic heterocycles. The van der Waals surface area contributed by atoms with E-state index in [1.165, 1.54) is 12.0 Å². The van der Waals surface area contributed by atoms with Crippen molar-refractivity contribution in [3.8, 4) is 0 Å². The summed E-state index contributed by atoms with van der Waals surface area (Å²) in [6.07, 6.45) is 5.72. The summed E-state index contributed by atoms with van der Waals surface area (Å²) < 4.78 is 0. The normalized spacial score (nSPS) is 42.6. The topological polar surface area (TPSA) is 17.1 Å². The first-order chi connectivity index (χ1) is 7.28. The van der Waals surface area contributed by atoms with E-state index in [4.69, 9.17) is 0 Å². The van der Waals surface area contributed by atoms with Crippen molar-refractivity contribution in [2.45, 2.75) is 53.9 Å². The summed E-state index contributed by atoms with van der Waals surface area (Å²) in [5.74, 6) is 1.47. The van der Waals surface area contributed by atoms with E-state index in [1.54, 1.807) is 0 Å². The minimum Gasteiger partial charge on any atom is -0.298 e. The predicted molar refractivity (Wildman–Crippen MR) is 67.2 cm³/mol. The van der Waals surface area contributed by atoms with Crippen LogP contribution in [0.3, 0.4) is 0 Å². The Morgan fingerprint density at radius 1 is 1.31 bits per heavy atom. The molecule has 0 amide bonds. The number of allylic oxidation sites excluding steroid dienone is 2. The standard InChI is InChI=1S/C15H24O/c1-10-8-11(2)15(5)12(9-10)6-7-14(3,4)13(15)16/h8,11-12H,6-7,9H2,1-5H3/t11-,12-,15+/m0/s1. The molecule has 1 nitrogen and oxygen atoms in total. The highest BCUT2D eigenvalue weighted by molar-refractivity contribution is 5.91. The van der Waals surface area contributed by atoms with Crippen LogP contribution in [0.1, 0.15) is 53.9 Å². The fraction of sp³-hybridized carbons (Fsp3) is 0.800. The van der Waals surface area contributed by atoms with Crippen LogP contribution >= 0.6 is 0 Å². The smallest absolute Gasteiger partial charge is 0.145 e. The van der Waals surface area contributed by atoms with Gasteiger partial charge >= 0.3 is 0 Å². The first-order valence-corrected chi connectivity index (χ1v) is 6.50. The van der Waals surface area contributed by atoms with Crippen molar-refractivity contribution in [3.63, 3.8) is 0 Å². The number of hydrogen-bond donors (Lipinski definition) is 0. The molecule has 2 aliphatic carbocycles. The fourth-order valence-electron chi connectivity index (χ4n) is 3.81. The van der Waals surface area contributed by atoms with Crippen LogP contribution in [0.25, 0.3) is 0 Å². The number of Topliss-reactive ketones (excluding diaryl/α,β-unsaturated/α-hetero) is 1. The predicted octanol–water partition coefficient (Wildman–Crippen LogP) is 3.98. The van der Waals surface area contributed by atoms with Gasteiger partial charge in [-0.1, -0.05) is 39.3 Å². The molecule has 0 aromatic heterocycles. The van der Waals surface area contributed by atoms with Gasteiger partial charge in [-0.25, -0.2) is 0 Å². The number of carbonyl (C=O) groups is 1. The second-order valence-corrected chi connectivity index (χ2v) is 6.74. The Balaban J connectivity index is 2.43. The molecule has 90 valence electrons. The summed E-state index contributed by atoms with van der Waals surface area (Å²) >= 11 is 0. The van der Waals surface area contributed by atoms with Gasteiger partial charge in [0.05, 0.1) is 0 Å². The molecule has 0 bridgehead atoms. The third kappa shape index (κ3) is 1.48. The Labute approximate surface area is 99.3 Å². The Kier molecular flexibility index (Phi) is 2.56. The van der Waals surface area contributed by atoms with E-state index >= 15 is 0 Å². The minimum atomic E-state index is -0.113. The Morgan fingerprint density at radius 3 is 2.56 bits per heavy atom. The van der Waals surface area contributed by atoms with E-state index in [0.717, 1.165) is 12.8 Å². The monoisotopic (exact) mass is 220 g/mol. The highest BCUT2D eigenvalue weighted by atomic mass is 16.1. The van der Waals surface area contributed by atoms with Gasteiger partial charge in [0.25, 0.3) is 0 Å². The van der Waals surface area contributed by atoms with Crippen molar-refractivity contribution < 1.29 is 4.79 Å². The molecule has 0 heterocycles. The second kappa shape index (κ2) is 3.45. The number of hydrogen-bond acceptors (Lipinski definition) is 1. The molecule has 1 heteroatoms. The zero-order valence-corrected chi connectivity index (χ0v) is 11.3. The largest absolute Gasteiger partial charge is 0.298 e. The summed E-state index contributed by atoms with van der Waals surface area (Å²) in [4.78, 5) is 12.7. The Hall–Kier alpha value is -0.590. The molecule has 0 radical (unpaired) electrons. The summed E-state index contributed by atoms with van der Waals surface area (Å²) in [7, 11) is 0. The lowest BCUT2D eigenvalue weighted by atomic mass is 9.51. The van der Waals surface area contributed by atoms with Gasteiger partial charge in [0.1, 0.15) is 5.78 Å². The number of rotatable bonds is 0. The quantitative estimate of drug-likeness (QED) is 0.564. The van der Waals surface area contributed by atoms with Gasteiger partial charge in [-0.05, 0) is 38.0 Å². The van der Waals surface area contributed by atoms with Crippen molar-refractivity contribution in [2.75, 3.05) is 0 Å². The lowest BCUT2D eigenvalue weighted by Crippen LogP contribution is -2.52. The third-order valence-electron chi connectivity index (χ3n) is 5.12.